The molecule has 1 unspecified atom stereocenters. The van der Waals surface area contributed by atoms with E-state index in [1.165, 1.54) is 0 Å². The molecule has 3 heteroatoms. The summed E-state index contributed by atoms with van der Waals surface area (Å²) in [5, 5.41) is 6.11. The first-order valence-electron chi connectivity index (χ1n) is 3.83. The van der Waals surface area contributed by atoms with Crippen LogP contribution in [-0.4, -0.2) is 25.0 Å². The molecule has 58 valence electrons. The van der Waals surface area contributed by atoms with Crippen LogP contribution in [0.3, 0.4) is 0 Å². The van der Waals surface area contributed by atoms with Gasteiger partial charge in [-0.1, -0.05) is 6.92 Å². The lowest BCUT2D eigenvalue weighted by Crippen LogP contribution is -2.45. The van der Waals surface area contributed by atoms with Crippen LogP contribution < -0.4 is 10.6 Å². The van der Waals surface area contributed by atoms with Gasteiger partial charge in [-0.3, -0.25) is 4.79 Å². The predicted molar refractivity (Wildman–Crippen MR) is 39.7 cm³/mol. The Bertz CT molecular complexity index is 115. The maximum atomic E-state index is 10.7. The summed E-state index contributed by atoms with van der Waals surface area (Å²) in [5.74, 6) is 0.189. The minimum atomic E-state index is 0.189. The smallest absolute Gasteiger partial charge is 0.220 e. The lowest BCUT2D eigenvalue weighted by molar-refractivity contribution is -0.122. The Morgan fingerprint density at radius 3 is 3.10 bits per heavy atom. The van der Waals surface area contributed by atoms with E-state index in [9.17, 15) is 4.79 Å². The van der Waals surface area contributed by atoms with Gasteiger partial charge in [0.1, 0.15) is 0 Å². The van der Waals surface area contributed by atoms with Crippen LogP contribution in [0.25, 0.3) is 0 Å². The van der Waals surface area contributed by atoms with Gasteiger partial charge in [-0.05, 0) is 13.0 Å². The highest BCUT2D eigenvalue weighted by Gasteiger charge is 2.15. The van der Waals surface area contributed by atoms with Crippen molar-refractivity contribution >= 4 is 5.91 Å². The largest absolute Gasteiger partial charge is 0.355 e. The van der Waals surface area contributed by atoms with E-state index in [1.807, 2.05) is 0 Å². The highest BCUT2D eigenvalue weighted by Crippen LogP contribution is 2.01. The number of rotatable bonds is 2. The highest BCUT2D eigenvalue weighted by molar-refractivity contribution is 5.76. The number of nitrogens with one attached hydrogen (secondary N) is 2. The van der Waals surface area contributed by atoms with Gasteiger partial charge in [0.25, 0.3) is 0 Å². The highest BCUT2D eigenvalue weighted by atomic mass is 16.1. The van der Waals surface area contributed by atoms with E-state index in [-0.39, 0.29) is 5.91 Å². The van der Waals surface area contributed by atoms with Gasteiger partial charge < -0.3 is 10.6 Å². The normalized spacial score (nSPS) is 26.1. The molecular formula is C7H14N2O. The van der Waals surface area contributed by atoms with Crippen LogP contribution in [0.15, 0.2) is 0 Å². The Morgan fingerprint density at radius 1 is 1.80 bits per heavy atom. The first kappa shape index (κ1) is 7.54. The Morgan fingerprint density at radius 2 is 2.60 bits per heavy atom. The molecule has 1 saturated heterocycles. The molecule has 1 rings (SSSR count). The summed E-state index contributed by atoms with van der Waals surface area (Å²) in [6.07, 6.45) is 1.66. The summed E-state index contributed by atoms with van der Waals surface area (Å²) < 4.78 is 0. The zero-order valence-corrected chi connectivity index (χ0v) is 6.31. The van der Waals surface area contributed by atoms with Crippen molar-refractivity contribution < 1.29 is 4.79 Å². The van der Waals surface area contributed by atoms with Crippen molar-refractivity contribution in [1.29, 1.82) is 0 Å². The molecule has 0 aromatic carbocycles. The Labute approximate surface area is 61.2 Å². The third-order valence-electron chi connectivity index (χ3n) is 1.76. The molecule has 1 atom stereocenters. The maximum absolute atomic E-state index is 10.7. The van der Waals surface area contributed by atoms with Crippen LogP contribution in [-0.2, 0) is 4.79 Å². The summed E-state index contributed by atoms with van der Waals surface area (Å²) in [6, 6.07) is 0.502. The summed E-state index contributed by atoms with van der Waals surface area (Å²) in [6.45, 7) is 3.86. The molecule has 0 aromatic rings. The van der Waals surface area contributed by atoms with E-state index >= 15 is 0 Å². The summed E-state index contributed by atoms with van der Waals surface area (Å²) in [7, 11) is 0. The number of carbonyl (C=O) groups excluding carboxylic acids is 1. The third kappa shape index (κ3) is 1.99. The first-order valence-corrected chi connectivity index (χ1v) is 3.83. The molecule has 1 amide bonds. The van der Waals surface area contributed by atoms with Crippen molar-refractivity contribution in [2.45, 2.75) is 25.8 Å². The van der Waals surface area contributed by atoms with E-state index in [0.717, 1.165) is 19.5 Å². The van der Waals surface area contributed by atoms with E-state index in [2.05, 4.69) is 17.6 Å². The topological polar surface area (TPSA) is 41.1 Å². The van der Waals surface area contributed by atoms with Gasteiger partial charge >= 0.3 is 0 Å². The lowest BCUT2D eigenvalue weighted by atomic mass is 10.1. The molecule has 1 aliphatic rings. The van der Waals surface area contributed by atoms with Crippen molar-refractivity contribution in [3.63, 3.8) is 0 Å². The fraction of sp³-hybridized carbons (Fsp3) is 0.857. The fourth-order valence-electron chi connectivity index (χ4n) is 1.20. The minimum Gasteiger partial charge on any atom is -0.355 e. The Kier molecular flexibility index (Phi) is 2.68. The first-order chi connectivity index (χ1) is 4.83. The fourth-order valence-corrected chi connectivity index (χ4v) is 1.20. The quantitative estimate of drug-likeness (QED) is 0.564. The molecule has 2 N–H and O–H groups in total. The lowest BCUT2D eigenvalue weighted by Gasteiger charge is -2.22. The van der Waals surface area contributed by atoms with Gasteiger partial charge in [0.05, 0.1) is 0 Å². The number of carbonyl (C=O) groups is 1. The van der Waals surface area contributed by atoms with Crippen LogP contribution in [0.2, 0.25) is 0 Å². The molecule has 0 aliphatic carbocycles. The standard InChI is InChI=1S/C7H14N2O/c1-2-8-6-3-4-7(10)9-5-6/h6,8H,2-5H2,1H3,(H,9,10). The van der Waals surface area contributed by atoms with E-state index < -0.39 is 0 Å². The van der Waals surface area contributed by atoms with E-state index in [1.54, 1.807) is 0 Å². The molecule has 0 spiro atoms. The number of piperidine rings is 1. The SMILES string of the molecule is CCNC1CCC(=O)NC1. The molecule has 1 aliphatic heterocycles. The van der Waals surface area contributed by atoms with E-state index in [0.29, 0.717) is 12.5 Å². The molecule has 0 radical (unpaired) electrons. The number of hydrogen-bond acceptors (Lipinski definition) is 2. The van der Waals surface area contributed by atoms with Gasteiger partial charge in [0.2, 0.25) is 5.91 Å². The second-order valence-electron chi connectivity index (χ2n) is 2.60. The van der Waals surface area contributed by atoms with Crippen LogP contribution in [0.4, 0.5) is 0 Å². The van der Waals surface area contributed by atoms with Crippen molar-refractivity contribution in [3.05, 3.63) is 0 Å². The molecule has 0 aromatic heterocycles. The Hall–Kier alpha value is -0.570. The van der Waals surface area contributed by atoms with Crippen LogP contribution in [0.5, 0.6) is 0 Å². The molecule has 1 fully saturated rings. The molecular weight excluding hydrogens is 128 g/mol. The van der Waals surface area contributed by atoms with Crippen LogP contribution >= 0.6 is 0 Å². The molecule has 1 heterocycles. The Balaban J connectivity index is 2.19. The zero-order valence-electron chi connectivity index (χ0n) is 6.31. The van der Waals surface area contributed by atoms with Crippen molar-refractivity contribution in [2.75, 3.05) is 13.1 Å². The van der Waals surface area contributed by atoms with Gasteiger partial charge in [-0.2, -0.15) is 0 Å². The number of hydrogen-bond donors (Lipinski definition) is 2. The average Bonchev–Trinajstić information content (AvgIpc) is 1.95. The van der Waals surface area contributed by atoms with Crippen molar-refractivity contribution in [2.24, 2.45) is 0 Å². The van der Waals surface area contributed by atoms with E-state index in [4.69, 9.17) is 0 Å². The van der Waals surface area contributed by atoms with Gasteiger partial charge in [-0.15, -0.1) is 0 Å². The number of likely N-dealkylation sites (N-methyl/N-ethyl adjacent to an activating group) is 1. The summed E-state index contributed by atoms with van der Waals surface area (Å²) in [4.78, 5) is 10.7. The van der Waals surface area contributed by atoms with Gasteiger partial charge in [0.15, 0.2) is 0 Å². The molecule has 0 bridgehead atoms. The van der Waals surface area contributed by atoms with Gasteiger partial charge in [-0.25, -0.2) is 0 Å². The predicted octanol–water partition coefficient (Wildman–Crippen LogP) is -0.126. The maximum Gasteiger partial charge on any atom is 0.220 e. The second kappa shape index (κ2) is 3.56. The number of amides is 1. The monoisotopic (exact) mass is 142 g/mol. The average molecular weight is 142 g/mol. The second-order valence-corrected chi connectivity index (χ2v) is 2.60. The van der Waals surface area contributed by atoms with Crippen molar-refractivity contribution in [1.82, 2.24) is 10.6 Å². The summed E-state index contributed by atoms with van der Waals surface area (Å²) in [5.41, 5.74) is 0. The molecule has 3 nitrogen and oxygen atoms in total. The molecule has 10 heavy (non-hydrogen) atoms. The zero-order chi connectivity index (χ0) is 7.40. The third-order valence-corrected chi connectivity index (χ3v) is 1.76. The van der Waals surface area contributed by atoms with Crippen LogP contribution in [0, 0.1) is 0 Å². The van der Waals surface area contributed by atoms with Crippen LogP contribution in [0.1, 0.15) is 19.8 Å². The molecule has 0 saturated carbocycles. The van der Waals surface area contributed by atoms with Gasteiger partial charge in [0, 0.05) is 19.0 Å². The summed E-state index contributed by atoms with van der Waals surface area (Å²) >= 11 is 0. The minimum absolute atomic E-state index is 0.189. The van der Waals surface area contributed by atoms with Crippen molar-refractivity contribution in [3.8, 4) is 0 Å².